The molecular weight excluding hydrogens is 248 g/mol. The summed E-state index contributed by atoms with van der Waals surface area (Å²) in [5, 5.41) is 10.6. The Bertz CT molecular complexity index is 408. The van der Waals surface area contributed by atoms with Crippen LogP contribution in [0.3, 0.4) is 0 Å². The molecule has 0 amide bonds. The zero-order valence-corrected chi connectivity index (χ0v) is 13.1. The van der Waals surface area contributed by atoms with Crippen molar-refractivity contribution in [2.24, 2.45) is 0 Å². The first-order valence-electron chi connectivity index (χ1n) is 7.91. The molecule has 0 saturated carbocycles. The summed E-state index contributed by atoms with van der Waals surface area (Å²) in [4.78, 5) is 6.90. The minimum atomic E-state index is -0.374. The van der Waals surface area contributed by atoms with E-state index < -0.39 is 0 Å². The number of pyridine rings is 1. The minimum absolute atomic E-state index is 0.175. The van der Waals surface area contributed by atoms with E-state index in [0.717, 1.165) is 25.2 Å². The highest BCUT2D eigenvalue weighted by atomic mass is 16.3. The molecule has 1 aromatic heterocycles. The Balaban J connectivity index is 1.99. The van der Waals surface area contributed by atoms with Crippen LogP contribution >= 0.6 is 0 Å². The third-order valence-corrected chi connectivity index (χ3v) is 4.68. The lowest BCUT2D eigenvalue weighted by molar-refractivity contribution is -0.0191. The van der Waals surface area contributed by atoms with Crippen molar-refractivity contribution in [3.8, 4) is 0 Å². The average molecular weight is 276 g/mol. The first-order valence-corrected chi connectivity index (χ1v) is 7.91. The van der Waals surface area contributed by atoms with E-state index in [1.807, 2.05) is 12.3 Å². The number of rotatable bonds is 5. The van der Waals surface area contributed by atoms with Crippen LogP contribution in [0.15, 0.2) is 18.3 Å². The number of hydrogen-bond acceptors (Lipinski definition) is 3. The van der Waals surface area contributed by atoms with E-state index in [1.165, 1.54) is 24.8 Å². The van der Waals surface area contributed by atoms with Gasteiger partial charge in [0.15, 0.2) is 0 Å². The van der Waals surface area contributed by atoms with E-state index in [2.05, 4.69) is 36.7 Å². The minimum Gasteiger partial charge on any atom is -0.391 e. The molecule has 0 spiro atoms. The predicted molar refractivity (Wildman–Crippen MR) is 82.8 cm³/mol. The van der Waals surface area contributed by atoms with Crippen molar-refractivity contribution in [1.29, 1.82) is 0 Å². The highest BCUT2D eigenvalue weighted by Crippen LogP contribution is 2.25. The van der Waals surface area contributed by atoms with Crippen LogP contribution in [-0.2, 0) is 12.8 Å². The quantitative estimate of drug-likeness (QED) is 0.898. The topological polar surface area (TPSA) is 36.4 Å². The molecular formula is C17H28N2O. The monoisotopic (exact) mass is 276 g/mol. The third-order valence-electron chi connectivity index (χ3n) is 4.68. The zero-order chi connectivity index (χ0) is 14.6. The van der Waals surface area contributed by atoms with Crippen LogP contribution in [0.2, 0.25) is 0 Å². The van der Waals surface area contributed by atoms with Crippen LogP contribution in [0.1, 0.15) is 51.3 Å². The van der Waals surface area contributed by atoms with Crippen LogP contribution < -0.4 is 0 Å². The molecule has 1 unspecified atom stereocenters. The van der Waals surface area contributed by atoms with Crippen molar-refractivity contribution >= 4 is 0 Å². The molecule has 1 fully saturated rings. The molecule has 3 nitrogen and oxygen atoms in total. The van der Waals surface area contributed by atoms with Gasteiger partial charge in [0.05, 0.1) is 6.10 Å². The summed E-state index contributed by atoms with van der Waals surface area (Å²) in [6, 6.07) is 4.16. The number of aliphatic hydroxyl groups is 1. The molecule has 20 heavy (non-hydrogen) atoms. The van der Waals surface area contributed by atoms with E-state index >= 15 is 0 Å². The van der Waals surface area contributed by atoms with Gasteiger partial charge < -0.3 is 5.11 Å². The maximum absolute atomic E-state index is 10.6. The van der Waals surface area contributed by atoms with E-state index in [4.69, 9.17) is 0 Å². The number of aromatic nitrogens is 1. The number of aliphatic hydroxyl groups excluding tert-OH is 1. The molecule has 1 aliphatic heterocycles. The smallest absolute Gasteiger partial charge is 0.0773 e. The molecule has 1 N–H and O–H groups in total. The van der Waals surface area contributed by atoms with Crippen LogP contribution in [0, 0.1) is 0 Å². The molecule has 1 aliphatic rings. The van der Waals surface area contributed by atoms with Crippen molar-refractivity contribution in [1.82, 2.24) is 9.88 Å². The molecule has 1 atom stereocenters. The third kappa shape index (κ3) is 3.58. The molecule has 3 heteroatoms. The van der Waals surface area contributed by atoms with Gasteiger partial charge in [-0.1, -0.05) is 19.4 Å². The highest BCUT2D eigenvalue weighted by Gasteiger charge is 2.35. The summed E-state index contributed by atoms with van der Waals surface area (Å²) in [6.45, 7) is 8.65. The molecule has 112 valence electrons. The predicted octanol–water partition coefficient (Wildman–Crippen LogP) is 2.81. The second-order valence-electron chi connectivity index (χ2n) is 6.43. The summed E-state index contributed by atoms with van der Waals surface area (Å²) in [6.07, 6.45) is 7.01. The van der Waals surface area contributed by atoms with Gasteiger partial charge in [-0.25, -0.2) is 0 Å². The summed E-state index contributed by atoms with van der Waals surface area (Å²) in [5.74, 6) is 0. The van der Waals surface area contributed by atoms with Gasteiger partial charge in [-0.15, -0.1) is 0 Å². The standard InChI is InChI=1S/C17H28N2O/c1-4-14-8-9-15(18-13-14)12-16(20)17(2,3)19-10-6-5-7-11-19/h8-9,13,16,20H,4-7,10-12H2,1-3H3. The number of piperidine rings is 1. The van der Waals surface area contributed by atoms with Crippen molar-refractivity contribution in [2.75, 3.05) is 13.1 Å². The van der Waals surface area contributed by atoms with Crippen LogP contribution in [0.4, 0.5) is 0 Å². The fraction of sp³-hybridized carbons (Fsp3) is 0.706. The summed E-state index contributed by atoms with van der Waals surface area (Å²) >= 11 is 0. The molecule has 0 aliphatic carbocycles. The Labute approximate surface area is 123 Å². The van der Waals surface area contributed by atoms with Crippen molar-refractivity contribution in [2.45, 2.75) is 64.5 Å². The molecule has 0 radical (unpaired) electrons. The Morgan fingerprint density at radius 3 is 2.50 bits per heavy atom. The molecule has 0 bridgehead atoms. The Morgan fingerprint density at radius 2 is 1.95 bits per heavy atom. The molecule has 2 heterocycles. The van der Waals surface area contributed by atoms with Gasteiger partial charge in [0.25, 0.3) is 0 Å². The molecule has 0 aromatic carbocycles. The highest BCUT2D eigenvalue weighted by molar-refractivity contribution is 5.15. The number of likely N-dealkylation sites (tertiary alicyclic amines) is 1. The molecule has 2 rings (SSSR count). The number of hydrogen-bond donors (Lipinski definition) is 1. The maximum atomic E-state index is 10.6. The number of aryl methyl sites for hydroxylation is 1. The van der Waals surface area contributed by atoms with Gasteiger partial charge in [0.2, 0.25) is 0 Å². The van der Waals surface area contributed by atoms with Crippen LogP contribution in [-0.4, -0.2) is 39.7 Å². The molecule has 1 saturated heterocycles. The first kappa shape index (κ1) is 15.5. The summed E-state index contributed by atoms with van der Waals surface area (Å²) < 4.78 is 0. The van der Waals surface area contributed by atoms with E-state index in [9.17, 15) is 5.11 Å². The van der Waals surface area contributed by atoms with Crippen LogP contribution in [0.25, 0.3) is 0 Å². The normalized spacial score (nSPS) is 19.0. The zero-order valence-electron chi connectivity index (χ0n) is 13.1. The maximum Gasteiger partial charge on any atom is 0.0773 e. The summed E-state index contributed by atoms with van der Waals surface area (Å²) in [7, 11) is 0. The second kappa shape index (κ2) is 6.68. The second-order valence-corrected chi connectivity index (χ2v) is 6.43. The average Bonchev–Trinajstić information content (AvgIpc) is 2.49. The lowest BCUT2D eigenvalue weighted by atomic mass is 9.89. The fourth-order valence-electron chi connectivity index (χ4n) is 2.91. The largest absolute Gasteiger partial charge is 0.391 e. The summed E-state index contributed by atoms with van der Waals surface area (Å²) in [5.41, 5.74) is 2.06. The van der Waals surface area contributed by atoms with Crippen LogP contribution in [0.5, 0.6) is 0 Å². The van der Waals surface area contributed by atoms with Crippen molar-refractivity contribution in [3.63, 3.8) is 0 Å². The van der Waals surface area contributed by atoms with Gasteiger partial charge in [0, 0.05) is 23.9 Å². The molecule has 1 aromatic rings. The fourth-order valence-corrected chi connectivity index (χ4v) is 2.91. The Kier molecular flexibility index (Phi) is 5.17. The van der Waals surface area contributed by atoms with E-state index in [0.29, 0.717) is 6.42 Å². The Hall–Kier alpha value is -0.930. The van der Waals surface area contributed by atoms with Gasteiger partial charge in [0.1, 0.15) is 0 Å². The SMILES string of the molecule is CCc1ccc(CC(O)C(C)(C)N2CCCCC2)nc1. The van der Waals surface area contributed by atoms with Crippen molar-refractivity contribution in [3.05, 3.63) is 29.6 Å². The van der Waals surface area contributed by atoms with Gasteiger partial charge in [-0.05, 0) is 57.8 Å². The first-order chi connectivity index (χ1) is 9.54. The number of nitrogens with zero attached hydrogens (tertiary/aromatic N) is 2. The van der Waals surface area contributed by atoms with E-state index in [-0.39, 0.29) is 11.6 Å². The Morgan fingerprint density at radius 1 is 1.25 bits per heavy atom. The lowest BCUT2D eigenvalue weighted by Crippen LogP contribution is -2.54. The van der Waals surface area contributed by atoms with Gasteiger partial charge in [-0.2, -0.15) is 0 Å². The lowest BCUT2D eigenvalue weighted by Gasteiger charge is -2.44. The van der Waals surface area contributed by atoms with E-state index in [1.54, 1.807) is 0 Å². The van der Waals surface area contributed by atoms with Gasteiger partial charge in [-0.3, -0.25) is 9.88 Å². The van der Waals surface area contributed by atoms with Gasteiger partial charge >= 0.3 is 0 Å². The van der Waals surface area contributed by atoms with Crippen molar-refractivity contribution < 1.29 is 5.11 Å².